The van der Waals surface area contributed by atoms with Crippen molar-refractivity contribution in [3.8, 4) is 0 Å². The van der Waals surface area contributed by atoms with Crippen LogP contribution in [-0.4, -0.2) is 15.8 Å². The van der Waals surface area contributed by atoms with Gasteiger partial charge in [0.25, 0.3) is 0 Å². The second-order valence-electron chi connectivity index (χ2n) is 4.64. The van der Waals surface area contributed by atoms with Gasteiger partial charge in [0.05, 0.1) is 0 Å². The average molecular weight is 311 g/mol. The molecule has 0 radical (unpaired) electrons. The predicted molar refractivity (Wildman–Crippen MR) is 81.8 cm³/mol. The molecule has 0 aliphatic carbocycles. The fraction of sp³-hybridized carbons (Fsp3) is 0.333. The maximum Gasteiger partial charge on any atom is 0.169 e. The Bertz CT molecular complexity index is 591. The number of imidazole rings is 1. The molecule has 0 N–H and O–H groups in total. The summed E-state index contributed by atoms with van der Waals surface area (Å²) in [7, 11) is 0. The average Bonchev–Trinajstić information content (AvgIpc) is 2.74. The highest BCUT2D eigenvalue weighted by atomic mass is 35.5. The number of carbonyl (C=O) groups is 1. The lowest BCUT2D eigenvalue weighted by Crippen LogP contribution is -2.08. The van der Waals surface area contributed by atoms with E-state index in [4.69, 9.17) is 23.2 Å². The lowest BCUT2D eigenvalue weighted by molar-refractivity contribution is 0.111. The Kier molecular flexibility index (Phi) is 5.21. The number of benzene rings is 1. The van der Waals surface area contributed by atoms with Crippen LogP contribution in [-0.2, 0) is 13.0 Å². The van der Waals surface area contributed by atoms with Crippen molar-refractivity contribution in [1.82, 2.24) is 9.55 Å². The van der Waals surface area contributed by atoms with E-state index in [0.29, 0.717) is 17.3 Å². The van der Waals surface area contributed by atoms with E-state index < -0.39 is 0 Å². The van der Waals surface area contributed by atoms with Crippen molar-refractivity contribution >= 4 is 29.5 Å². The van der Waals surface area contributed by atoms with E-state index in [0.717, 1.165) is 36.9 Å². The molecule has 0 amide bonds. The van der Waals surface area contributed by atoms with Gasteiger partial charge in [-0.05, 0) is 24.1 Å². The summed E-state index contributed by atoms with van der Waals surface area (Å²) in [4.78, 5) is 15.5. The lowest BCUT2D eigenvalue weighted by atomic mass is 10.2. The molecule has 106 valence electrons. The predicted octanol–water partition coefficient (Wildman–Crippen LogP) is 4.39. The summed E-state index contributed by atoms with van der Waals surface area (Å²) in [5, 5.41) is 0.972. The maximum absolute atomic E-state index is 11.2. The van der Waals surface area contributed by atoms with Crippen LogP contribution in [0.25, 0.3) is 0 Å². The minimum absolute atomic E-state index is 0.278. The highest BCUT2D eigenvalue weighted by molar-refractivity contribution is 6.31. The zero-order chi connectivity index (χ0) is 14.5. The third-order valence-electron chi connectivity index (χ3n) is 3.16. The van der Waals surface area contributed by atoms with E-state index in [1.807, 2.05) is 28.8 Å². The van der Waals surface area contributed by atoms with Crippen LogP contribution >= 0.6 is 23.2 Å². The third-order valence-corrected chi connectivity index (χ3v) is 3.69. The van der Waals surface area contributed by atoms with Gasteiger partial charge >= 0.3 is 0 Å². The van der Waals surface area contributed by atoms with Crippen LogP contribution in [0.2, 0.25) is 10.2 Å². The molecular formula is C15H16Cl2N2O. The molecule has 5 heteroatoms. The van der Waals surface area contributed by atoms with Crippen molar-refractivity contribution in [1.29, 1.82) is 0 Å². The molecule has 1 aromatic heterocycles. The first-order valence-electron chi connectivity index (χ1n) is 6.60. The number of aryl methyl sites for hydroxylation is 1. The van der Waals surface area contributed by atoms with Gasteiger partial charge < -0.3 is 4.57 Å². The number of rotatable bonds is 6. The Balaban J connectivity index is 2.32. The standard InChI is InChI=1S/C15H16Cl2N2O/c1-2-3-4-14-18-15(17)13(10-20)19(14)9-11-5-7-12(16)8-6-11/h5-8,10H,2-4,9H2,1H3. The summed E-state index contributed by atoms with van der Waals surface area (Å²) < 4.78 is 1.88. The fourth-order valence-electron chi connectivity index (χ4n) is 2.07. The third kappa shape index (κ3) is 3.41. The highest BCUT2D eigenvalue weighted by Crippen LogP contribution is 2.20. The fourth-order valence-corrected chi connectivity index (χ4v) is 2.44. The van der Waals surface area contributed by atoms with Crippen molar-refractivity contribution < 1.29 is 4.79 Å². The van der Waals surface area contributed by atoms with E-state index in [1.54, 1.807) is 0 Å². The largest absolute Gasteiger partial charge is 0.320 e. The number of hydrogen-bond donors (Lipinski definition) is 0. The van der Waals surface area contributed by atoms with Gasteiger partial charge in [-0.3, -0.25) is 4.79 Å². The van der Waals surface area contributed by atoms with Gasteiger partial charge in [0.2, 0.25) is 0 Å². The summed E-state index contributed by atoms with van der Waals surface area (Å²) >= 11 is 11.9. The molecule has 0 saturated heterocycles. The maximum atomic E-state index is 11.2. The first-order chi connectivity index (χ1) is 9.65. The normalized spacial score (nSPS) is 10.8. The molecular weight excluding hydrogens is 295 g/mol. The molecule has 1 heterocycles. The summed E-state index contributed by atoms with van der Waals surface area (Å²) in [5.74, 6) is 0.855. The van der Waals surface area contributed by atoms with E-state index in [2.05, 4.69) is 11.9 Å². The van der Waals surface area contributed by atoms with Crippen LogP contribution in [0.1, 0.15) is 41.6 Å². The number of carbonyl (C=O) groups excluding carboxylic acids is 1. The summed E-state index contributed by atoms with van der Waals surface area (Å²) in [6.45, 7) is 2.69. The Morgan fingerprint density at radius 2 is 1.95 bits per heavy atom. The minimum Gasteiger partial charge on any atom is -0.320 e. The van der Waals surface area contributed by atoms with Gasteiger partial charge in [-0.1, -0.05) is 48.7 Å². The van der Waals surface area contributed by atoms with Crippen molar-refractivity contribution in [3.05, 3.63) is 51.5 Å². The zero-order valence-electron chi connectivity index (χ0n) is 11.3. The summed E-state index contributed by atoms with van der Waals surface area (Å²) in [5.41, 5.74) is 1.50. The molecule has 0 spiro atoms. The molecule has 0 aliphatic heterocycles. The number of halogens is 2. The number of aromatic nitrogens is 2. The molecule has 20 heavy (non-hydrogen) atoms. The minimum atomic E-state index is 0.278. The van der Waals surface area contributed by atoms with Crippen LogP contribution in [0.4, 0.5) is 0 Å². The van der Waals surface area contributed by atoms with Crippen LogP contribution in [0.3, 0.4) is 0 Å². The van der Waals surface area contributed by atoms with Crippen molar-refractivity contribution in [2.45, 2.75) is 32.7 Å². The molecule has 2 rings (SSSR count). The van der Waals surface area contributed by atoms with E-state index in [-0.39, 0.29) is 5.15 Å². The monoisotopic (exact) mass is 310 g/mol. The molecule has 0 fully saturated rings. The van der Waals surface area contributed by atoms with Crippen LogP contribution in [0.15, 0.2) is 24.3 Å². The van der Waals surface area contributed by atoms with Crippen LogP contribution in [0, 0.1) is 0 Å². The molecule has 2 aromatic rings. The molecule has 1 aromatic carbocycles. The highest BCUT2D eigenvalue weighted by Gasteiger charge is 2.15. The summed E-state index contributed by atoms with van der Waals surface area (Å²) in [6.07, 6.45) is 3.67. The van der Waals surface area contributed by atoms with E-state index >= 15 is 0 Å². The van der Waals surface area contributed by atoms with Crippen molar-refractivity contribution in [2.75, 3.05) is 0 Å². The second-order valence-corrected chi connectivity index (χ2v) is 5.43. The Morgan fingerprint density at radius 1 is 1.25 bits per heavy atom. The number of aldehydes is 1. The number of nitrogens with zero attached hydrogens (tertiary/aromatic N) is 2. The van der Waals surface area contributed by atoms with Crippen LogP contribution in [0.5, 0.6) is 0 Å². The van der Waals surface area contributed by atoms with Gasteiger partial charge in [-0.15, -0.1) is 0 Å². The quantitative estimate of drug-likeness (QED) is 0.741. The first-order valence-corrected chi connectivity index (χ1v) is 7.35. The Hall–Kier alpha value is -1.32. The molecule has 3 nitrogen and oxygen atoms in total. The molecule has 0 unspecified atom stereocenters. The number of unbranched alkanes of at least 4 members (excludes halogenated alkanes) is 1. The van der Waals surface area contributed by atoms with Crippen molar-refractivity contribution in [3.63, 3.8) is 0 Å². The van der Waals surface area contributed by atoms with E-state index in [9.17, 15) is 4.79 Å². The lowest BCUT2D eigenvalue weighted by Gasteiger charge is -2.09. The molecule has 0 atom stereocenters. The van der Waals surface area contributed by atoms with Gasteiger partial charge in [0, 0.05) is 18.0 Å². The second kappa shape index (κ2) is 6.91. The molecule has 0 bridgehead atoms. The smallest absolute Gasteiger partial charge is 0.169 e. The Morgan fingerprint density at radius 3 is 2.55 bits per heavy atom. The topological polar surface area (TPSA) is 34.9 Å². The number of hydrogen-bond acceptors (Lipinski definition) is 2. The van der Waals surface area contributed by atoms with Crippen molar-refractivity contribution in [2.24, 2.45) is 0 Å². The Labute approximate surface area is 128 Å². The van der Waals surface area contributed by atoms with E-state index in [1.165, 1.54) is 0 Å². The van der Waals surface area contributed by atoms with Gasteiger partial charge in [0.15, 0.2) is 11.4 Å². The SMILES string of the molecule is CCCCc1nc(Cl)c(C=O)n1Cc1ccc(Cl)cc1. The van der Waals surface area contributed by atoms with Gasteiger partial charge in [-0.25, -0.2) is 4.98 Å². The molecule has 0 saturated carbocycles. The molecule has 0 aliphatic rings. The van der Waals surface area contributed by atoms with Crippen LogP contribution < -0.4 is 0 Å². The van der Waals surface area contributed by atoms with Gasteiger partial charge in [0.1, 0.15) is 11.5 Å². The summed E-state index contributed by atoms with van der Waals surface area (Å²) in [6, 6.07) is 7.55. The van der Waals surface area contributed by atoms with Gasteiger partial charge in [-0.2, -0.15) is 0 Å². The zero-order valence-corrected chi connectivity index (χ0v) is 12.8. The first kappa shape index (κ1) is 15.1.